The van der Waals surface area contributed by atoms with Crippen LogP contribution in [-0.4, -0.2) is 29.9 Å². The van der Waals surface area contributed by atoms with Crippen molar-refractivity contribution in [1.82, 2.24) is 4.90 Å². The molecular weight excluding hydrogens is 182 g/mol. The van der Waals surface area contributed by atoms with Crippen LogP contribution in [0, 0.1) is 0 Å². The molecule has 0 aromatic heterocycles. The second-order valence-corrected chi connectivity index (χ2v) is 3.63. The summed E-state index contributed by atoms with van der Waals surface area (Å²) in [5.41, 5.74) is 0.871. The second-order valence-electron chi connectivity index (χ2n) is 3.63. The maximum absolute atomic E-state index is 11.5. The molecule has 0 aromatic rings. The summed E-state index contributed by atoms with van der Waals surface area (Å²) in [6.45, 7) is 4.97. The third-order valence-corrected chi connectivity index (χ3v) is 2.60. The van der Waals surface area contributed by atoms with Crippen LogP contribution in [0.4, 0.5) is 4.79 Å². The fourth-order valence-corrected chi connectivity index (χ4v) is 1.99. The van der Waals surface area contributed by atoms with Crippen molar-refractivity contribution in [3.05, 3.63) is 11.8 Å². The Morgan fingerprint density at radius 2 is 2.50 bits per heavy atom. The van der Waals surface area contributed by atoms with Crippen LogP contribution in [-0.2, 0) is 9.47 Å². The molecular formula is C10H15NO3. The first-order chi connectivity index (χ1) is 6.67. The van der Waals surface area contributed by atoms with Gasteiger partial charge in [-0.15, -0.1) is 0 Å². The molecule has 0 radical (unpaired) electrons. The van der Waals surface area contributed by atoms with Crippen LogP contribution in [0.1, 0.15) is 26.7 Å². The average molecular weight is 197 g/mol. The normalized spacial score (nSPS) is 31.1. The minimum Gasteiger partial charge on any atom is -0.411 e. The molecule has 2 rings (SSSR count). The molecule has 0 bridgehead atoms. The molecule has 2 heterocycles. The van der Waals surface area contributed by atoms with Gasteiger partial charge in [0.1, 0.15) is 0 Å². The predicted molar refractivity (Wildman–Crippen MR) is 50.5 cm³/mol. The van der Waals surface area contributed by atoms with Crippen molar-refractivity contribution in [2.75, 3.05) is 13.2 Å². The van der Waals surface area contributed by atoms with Gasteiger partial charge in [0.05, 0.1) is 5.70 Å². The maximum Gasteiger partial charge on any atom is 0.417 e. The molecule has 1 amide bonds. The van der Waals surface area contributed by atoms with Gasteiger partial charge in [-0.25, -0.2) is 4.79 Å². The van der Waals surface area contributed by atoms with Crippen molar-refractivity contribution in [3.8, 4) is 0 Å². The van der Waals surface area contributed by atoms with E-state index in [9.17, 15) is 4.79 Å². The first-order valence-electron chi connectivity index (χ1n) is 5.02. The fraction of sp³-hybridized carbons (Fsp3) is 0.700. The molecule has 4 heteroatoms. The van der Waals surface area contributed by atoms with Gasteiger partial charge < -0.3 is 9.47 Å². The van der Waals surface area contributed by atoms with E-state index in [-0.39, 0.29) is 6.09 Å². The van der Waals surface area contributed by atoms with E-state index in [1.807, 2.05) is 13.0 Å². The number of cyclic esters (lactones) is 1. The highest BCUT2D eigenvalue weighted by molar-refractivity contribution is 5.74. The highest BCUT2D eigenvalue weighted by Crippen LogP contribution is 2.36. The van der Waals surface area contributed by atoms with E-state index in [0.29, 0.717) is 6.61 Å². The SMILES string of the molecule is CCOC1(C)OC(=O)N2CCCC=C21. The minimum absolute atomic E-state index is 0.285. The van der Waals surface area contributed by atoms with Crippen molar-refractivity contribution >= 4 is 6.09 Å². The summed E-state index contributed by atoms with van der Waals surface area (Å²) in [4.78, 5) is 13.1. The van der Waals surface area contributed by atoms with Gasteiger partial charge in [-0.05, 0) is 19.8 Å². The molecule has 1 atom stereocenters. The van der Waals surface area contributed by atoms with Gasteiger partial charge in [0.15, 0.2) is 0 Å². The summed E-state index contributed by atoms with van der Waals surface area (Å²) >= 11 is 0. The highest BCUT2D eigenvalue weighted by atomic mass is 16.7. The zero-order valence-corrected chi connectivity index (χ0v) is 8.58. The molecule has 1 saturated heterocycles. The molecule has 2 aliphatic rings. The van der Waals surface area contributed by atoms with Crippen molar-refractivity contribution in [2.45, 2.75) is 32.5 Å². The summed E-state index contributed by atoms with van der Waals surface area (Å²) in [5.74, 6) is -0.855. The number of allylic oxidation sites excluding steroid dienone is 1. The third kappa shape index (κ3) is 1.30. The van der Waals surface area contributed by atoms with E-state index in [0.717, 1.165) is 25.1 Å². The smallest absolute Gasteiger partial charge is 0.411 e. The third-order valence-electron chi connectivity index (χ3n) is 2.60. The number of hydrogen-bond donors (Lipinski definition) is 0. The van der Waals surface area contributed by atoms with Crippen LogP contribution in [0.2, 0.25) is 0 Å². The molecule has 0 spiro atoms. The lowest BCUT2D eigenvalue weighted by atomic mass is 10.1. The lowest BCUT2D eigenvalue weighted by molar-refractivity contribution is -0.143. The van der Waals surface area contributed by atoms with Crippen LogP contribution >= 0.6 is 0 Å². The first-order valence-corrected chi connectivity index (χ1v) is 5.02. The molecule has 1 fully saturated rings. The molecule has 0 aromatic carbocycles. The summed E-state index contributed by atoms with van der Waals surface area (Å²) in [6, 6.07) is 0. The lowest BCUT2D eigenvalue weighted by Crippen LogP contribution is -2.33. The molecule has 0 N–H and O–H groups in total. The van der Waals surface area contributed by atoms with Gasteiger partial charge in [-0.3, -0.25) is 4.90 Å². The monoisotopic (exact) mass is 197 g/mol. The molecule has 0 saturated carbocycles. The Bertz CT molecular complexity index is 287. The Balaban J connectivity index is 2.28. The van der Waals surface area contributed by atoms with E-state index >= 15 is 0 Å². The van der Waals surface area contributed by atoms with E-state index in [2.05, 4.69) is 0 Å². The maximum atomic E-state index is 11.5. The number of carbonyl (C=O) groups excluding carboxylic acids is 1. The Morgan fingerprint density at radius 3 is 3.21 bits per heavy atom. The molecule has 2 aliphatic heterocycles. The largest absolute Gasteiger partial charge is 0.417 e. The van der Waals surface area contributed by atoms with Crippen LogP contribution in [0.3, 0.4) is 0 Å². The topological polar surface area (TPSA) is 38.8 Å². The number of nitrogens with zero attached hydrogens (tertiary/aromatic N) is 1. The number of hydrogen-bond acceptors (Lipinski definition) is 3. The Labute approximate surface area is 83.5 Å². The highest BCUT2D eigenvalue weighted by Gasteiger charge is 2.47. The minimum atomic E-state index is -0.855. The summed E-state index contributed by atoms with van der Waals surface area (Å²) in [7, 11) is 0. The summed E-state index contributed by atoms with van der Waals surface area (Å²) in [6.07, 6.45) is 3.74. The van der Waals surface area contributed by atoms with Gasteiger partial charge in [0.25, 0.3) is 5.79 Å². The van der Waals surface area contributed by atoms with E-state index in [1.165, 1.54) is 0 Å². The summed E-state index contributed by atoms with van der Waals surface area (Å²) in [5, 5.41) is 0. The lowest BCUT2D eigenvalue weighted by Gasteiger charge is -2.26. The number of ether oxygens (including phenoxy) is 2. The van der Waals surface area contributed by atoms with Crippen molar-refractivity contribution in [3.63, 3.8) is 0 Å². The molecule has 4 nitrogen and oxygen atoms in total. The van der Waals surface area contributed by atoms with Crippen molar-refractivity contribution < 1.29 is 14.3 Å². The van der Waals surface area contributed by atoms with Gasteiger partial charge in [0.2, 0.25) is 0 Å². The van der Waals surface area contributed by atoms with Crippen molar-refractivity contribution in [1.29, 1.82) is 0 Å². The van der Waals surface area contributed by atoms with Crippen molar-refractivity contribution in [2.24, 2.45) is 0 Å². The predicted octanol–water partition coefficient (Wildman–Crippen LogP) is 1.87. The van der Waals surface area contributed by atoms with Gasteiger partial charge >= 0.3 is 6.09 Å². The molecule has 78 valence electrons. The molecule has 0 aliphatic carbocycles. The molecule has 1 unspecified atom stereocenters. The Kier molecular flexibility index (Phi) is 2.23. The van der Waals surface area contributed by atoms with E-state index in [1.54, 1.807) is 11.8 Å². The molecule has 14 heavy (non-hydrogen) atoms. The van der Waals surface area contributed by atoms with Crippen LogP contribution < -0.4 is 0 Å². The van der Waals surface area contributed by atoms with Gasteiger partial charge in [0, 0.05) is 20.1 Å². The van der Waals surface area contributed by atoms with Gasteiger partial charge in [-0.2, -0.15) is 0 Å². The van der Waals surface area contributed by atoms with Crippen LogP contribution in [0.5, 0.6) is 0 Å². The Hall–Kier alpha value is -1.03. The first kappa shape index (κ1) is 9.52. The number of rotatable bonds is 2. The number of carbonyl (C=O) groups is 1. The fourth-order valence-electron chi connectivity index (χ4n) is 1.99. The van der Waals surface area contributed by atoms with E-state index in [4.69, 9.17) is 9.47 Å². The second kappa shape index (κ2) is 3.28. The zero-order valence-electron chi connectivity index (χ0n) is 8.58. The summed E-state index contributed by atoms with van der Waals surface area (Å²) < 4.78 is 10.7. The van der Waals surface area contributed by atoms with Gasteiger partial charge in [-0.1, -0.05) is 6.08 Å². The Morgan fingerprint density at radius 1 is 1.71 bits per heavy atom. The van der Waals surface area contributed by atoms with Crippen LogP contribution in [0.15, 0.2) is 11.8 Å². The number of amides is 1. The van der Waals surface area contributed by atoms with Crippen LogP contribution in [0.25, 0.3) is 0 Å². The zero-order chi connectivity index (χ0) is 10.2. The quantitative estimate of drug-likeness (QED) is 0.678. The van der Waals surface area contributed by atoms with E-state index < -0.39 is 5.79 Å². The average Bonchev–Trinajstić information content (AvgIpc) is 2.41. The number of fused-ring (bicyclic) bond motifs is 1. The standard InChI is InChI=1S/C10H15NO3/c1-3-13-10(2)8-6-4-5-7-11(8)9(12)14-10/h6H,3-5,7H2,1-2H3.